The van der Waals surface area contributed by atoms with Gasteiger partial charge in [-0.15, -0.1) is 0 Å². The molecule has 2 fully saturated rings. The minimum atomic E-state index is -1.15. The van der Waals surface area contributed by atoms with Crippen LogP contribution in [0.1, 0.15) is 47.5 Å². The number of nitrogens with zero attached hydrogens (tertiary/aromatic N) is 2. The second-order valence-corrected chi connectivity index (χ2v) is 8.00. The summed E-state index contributed by atoms with van der Waals surface area (Å²) < 4.78 is 0. The number of nitrogens with two attached hydrogens (primary N) is 1. The Morgan fingerprint density at radius 2 is 1.96 bits per heavy atom. The minimum absolute atomic E-state index is 0.140. The monoisotopic (exact) mass is 405 g/mol. The molecule has 8 nitrogen and oxygen atoms in total. The van der Waals surface area contributed by atoms with Crippen LogP contribution in [-0.2, 0) is 9.59 Å². The maximum Gasteiger partial charge on any atom is 0.255 e. The summed E-state index contributed by atoms with van der Waals surface area (Å²) in [6, 6.07) is 3.41. The zero-order valence-electron chi connectivity index (χ0n) is 15.5. The zero-order valence-corrected chi connectivity index (χ0v) is 16.3. The summed E-state index contributed by atoms with van der Waals surface area (Å²) in [7, 11) is 0. The Morgan fingerprint density at radius 1 is 1.21 bits per heavy atom. The number of carbonyl (C=O) groups excluding carboxylic acids is 3. The highest BCUT2D eigenvalue weighted by Crippen LogP contribution is 2.40. The molecular formula is C19H24ClN5O3. The highest BCUT2D eigenvalue weighted by atomic mass is 35.5. The van der Waals surface area contributed by atoms with Crippen molar-refractivity contribution in [3.63, 3.8) is 0 Å². The van der Waals surface area contributed by atoms with Gasteiger partial charge >= 0.3 is 0 Å². The molecule has 3 heterocycles. The van der Waals surface area contributed by atoms with Gasteiger partial charge in [-0.2, -0.15) is 0 Å². The topological polar surface area (TPSA) is 108 Å². The Morgan fingerprint density at radius 3 is 2.68 bits per heavy atom. The van der Waals surface area contributed by atoms with E-state index in [1.54, 1.807) is 12.1 Å². The van der Waals surface area contributed by atoms with Gasteiger partial charge in [-0.1, -0.05) is 11.6 Å². The molecule has 3 aliphatic rings. The van der Waals surface area contributed by atoms with E-state index in [0.717, 1.165) is 32.5 Å². The van der Waals surface area contributed by atoms with Crippen molar-refractivity contribution < 1.29 is 14.4 Å². The van der Waals surface area contributed by atoms with Crippen LogP contribution >= 0.6 is 11.6 Å². The molecule has 0 saturated carbocycles. The number of fused-ring (bicyclic) bond motifs is 1. The molecule has 4 N–H and O–H groups in total. The number of likely N-dealkylation sites (tertiary alicyclic amines) is 2. The zero-order chi connectivity index (χ0) is 19.8. The van der Waals surface area contributed by atoms with Crippen LogP contribution in [0, 0.1) is 0 Å². The number of hydrazine groups is 1. The summed E-state index contributed by atoms with van der Waals surface area (Å²) in [6.45, 7) is 3.74. The number of carbonyl (C=O) groups is 3. The van der Waals surface area contributed by atoms with Crippen LogP contribution in [0.5, 0.6) is 0 Å². The van der Waals surface area contributed by atoms with Gasteiger partial charge in [0.05, 0.1) is 10.6 Å². The molecule has 0 spiro atoms. The van der Waals surface area contributed by atoms with Crippen molar-refractivity contribution >= 4 is 35.0 Å². The Labute approximate surface area is 168 Å². The molecule has 2 unspecified atom stereocenters. The minimum Gasteiger partial charge on any atom is -0.334 e. The van der Waals surface area contributed by atoms with Crippen LogP contribution in [0.25, 0.3) is 0 Å². The van der Waals surface area contributed by atoms with Crippen molar-refractivity contribution in [3.8, 4) is 0 Å². The molecule has 0 aliphatic carbocycles. The van der Waals surface area contributed by atoms with Crippen LogP contribution in [0.15, 0.2) is 12.1 Å². The van der Waals surface area contributed by atoms with Gasteiger partial charge in [0.25, 0.3) is 11.8 Å². The van der Waals surface area contributed by atoms with Crippen LogP contribution < -0.4 is 16.6 Å². The van der Waals surface area contributed by atoms with Crippen molar-refractivity contribution in [2.45, 2.75) is 37.6 Å². The lowest BCUT2D eigenvalue weighted by molar-refractivity contribution is -0.128. The van der Waals surface area contributed by atoms with E-state index in [9.17, 15) is 14.4 Å². The number of rotatable bonds is 4. The third-order valence-electron chi connectivity index (χ3n) is 5.93. The van der Waals surface area contributed by atoms with Crippen molar-refractivity contribution in [2.75, 3.05) is 31.5 Å². The van der Waals surface area contributed by atoms with E-state index in [0.29, 0.717) is 23.4 Å². The first-order valence-electron chi connectivity index (χ1n) is 9.68. The summed E-state index contributed by atoms with van der Waals surface area (Å²) in [6.07, 6.45) is 4.36. The fraction of sp³-hybridized carbons (Fsp3) is 0.526. The standard InChI is InChI=1S/C19H24ClN5O3/c20-16-12(5-6-13-14(16)15(17(26)22-13)18(27)23-21)19(28)25-9-3-4-11(25)10-24-7-1-2-8-24/h5-6,11,15H,1-4,7-10,21H2,(H,22,26)(H,23,27). The smallest absolute Gasteiger partial charge is 0.255 e. The largest absolute Gasteiger partial charge is 0.334 e. The summed E-state index contributed by atoms with van der Waals surface area (Å²) in [5.74, 6) is 2.75. The third-order valence-corrected chi connectivity index (χ3v) is 6.34. The molecule has 2 saturated heterocycles. The molecule has 150 valence electrons. The average molecular weight is 406 g/mol. The number of hydrogen-bond donors (Lipinski definition) is 3. The molecule has 1 aromatic rings. The number of amides is 3. The fourth-order valence-corrected chi connectivity index (χ4v) is 4.88. The van der Waals surface area contributed by atoms with Gasteiger partial charge in [0, 0.05) is 30.4 Å². The van der Waals surface area contributed by atoms with Crippen molar-refractivity contribution in [3.05, 3.63) is 28.3 Å². The van der Waals surface area contributed by atoms with Gasteiger partial charge in [0.1, 0.15) is 5.92 Å². The van der Waals surface area contributed by atoms with Gasteiger partial charge < -0.3 is 15.1 Å². The third kappa shape index (κ3) is 3.25. The maximum atomic E-state index is 13.3. The Bertz CT molecular complexity index is 816. The van der Waals surface area contributed by atoms with Crippen molar-refractivity contribution in [1.29, 1.82) is 0 Å². The molecule has 3 amide bonds. The molecule has 4 rings (SSSR count). The predicted octanol–water partition coefficient (Wildman–Crippen LogP) is 1.07. The molecule has 0 bridgehead atoms. The quantitative estimate of drug-likeness (QED) is 0.300. The summed E-state index contributed by atoms with van der Waals surface area (Å²) in [5, 5.41) is 2.76. The van der Waals surface area contributed by atoms with E-state index in [1.165, 1.54) is 12.8 Å². The number of nitrogens with one attached hydrogen (secondary N) is 2. The SMILES string of the molecule is NNC(=O)C1C(=O)Nc2ccc(C(=O)N3CCCC3CN3CCCC3)c(Cl)c21. The van der Waals surface area contributed by atoms with Gasteiger partial charge in [-0.3, -0.25) is 19.8 Å². The molecule has 3 aliphatic heterocycles. The average Bonchev–Trinajstić information content (AvgIpc) is 3.41. The lowest BCUT2D eigenvalue weighted by Crippen LogP contribution is -2.42. The molecule has 9 heteroatoms. The Balaban J connectivity index is 1.61. The van der Waals surface area contributed by atoms with E-state index >= 15 is 0 Å². The molecule has 2 atom stereocenters. The maximum absolute atomic E-state index is 13.3. The van der Waals surface area contributed by atoms with E-state index in [1.807, 2.05) is 10.3 Å². The normalized spacial score (nSPS) is 24.4. The fourth-order valence-electron chi connectivity index (χ4n) is 4.53. The van der Waals surface area contributed by atoms with Crippen LogP contribution in [-0.4, -0.2) is 59.7 Å². The van der Waals surface area contributed by atoms with Crippen molar-refractivity contribution in [2.24, 2.45) is 5.84 Å². The summed E-state index contributed by atoms with van der Waals surface area (Å²) >= 11 is 6.54. The first-order chi connectivity index (χ1) is 13.5. The molecular weight excluding hydrogens is 382 g/mol. The highest BCUT2D eigenvalue weighted by molar-refractivity contribution is 6.37. The number of benzene rings is 1. The lowest BCUT2D eigenvalue weighted by atomic mass is 9.97. The van der Waals surface area contributed by atoms with Gasteiger partial charge in [0.15, 0.2) is 0 Å². The summed E-state index contributed by atoms with van der Waals surface area (Å²) in [5.41, 5.74) is 3.07. The van der Waals surface area contributed by atoms with Gasteiger partial charge in [-0.25, -0.2) is 5.84 Å². The highest BCUT2D eigenvalue weighted by Gasteiger charge is 2.40. The second-order valence-electron chi connectivity index (χ2n) is 7.62. The van der Waals surface area contributed by atoms with Crippen molar-refractivity contribution in [1.82, 2.24) is 15.2 Å². The summed E-state index contributed by atoms with van der Waals surface area (Å²) in [4.78, 5) is 41.8. The lowest BCUT2D eigenvalue weighted by Gasteiger charge is -2.29. The molecule has 28 heavy (non-hydrogen) atoms. The Hall–Kier alpha value is -2.16. The van der Waals surface area contributed by atoms with E-state index in [2.05, 4.69) is 10.2 Å². The van der Waals surface area contributed by atoms with Gasteiger partial charge in [0.2, 0.25) is 5.91 Å². The molecule has 1 aromatic carbocycles. The van der Waals surface area contributed by atoms with Crippen LogP contribution in [0.3, 0.4) is 0 Å². The van der Waals surface area contributed by atoms with E-state index in [4.69, 9.17) is 17.4 Å². The Kier molecular flexibility index (Phi) is 5.27. The van der Waals surface area contributed by atoms with Crippen LogP contribution in [0.4, 0.5) is 5.69 Å². The number of anilines is 1. The number of hydrogen-bond acceptors (Lipinski definition) is 5. The number of halogens is 1. The van der Waals surface area contributed by atoms with E-state index in [-0.39, 0.29) is 17.0 Å². The first-order valence-corrected chi connectivity index (χ1v) is 10.1. The predicted molar refractivity (Wildman–Crippen MR) is 105 cm³/mol. The molecule has 0 aromatic heterocycles. The first kappa shape index (κ1) is 19.2. The molecule has 0 radical (unpaired) electrons. The van der Waals surface area contributed by atoms with Gasteiger partial charge in [-0.05, 0) is 50.9 Å². The second kappa shape index (κ2) is 7.69. The van der Waals surface area contributed by atoms with E-state index < -0.39 is 17.7 Å². The van der Waals surface area contributed by atoms with Crippen LogP contribution in [0.2, 0.25) is 5.02 Å².